The van der Waals surface area contributed by atoms with E-state index in [1.54, 1.807) is 94.1 Å². The highest BCUT2D eigenvalue weighted by atomic mass is 16.5. The molecule has 0 amide bonds. The Kier molecular flexibility index (Phi) is 16.6. The third kappa shape index (κ3) is 13.3. The zero-order valence-electron chi connectivity index (χ0n) is 35.4. The van der Waals surface area contributed by atoms with E-state index in [1.807, 2.05) is 55.5 Å². The van der Waals surface area contributed by atoms with E-state index in [0.717, 1.165) is 28.2 Å². The summed E-state index contributed by atoms with van der Waals surface area (Å²) in [4.78, 5) is 36.4. The van der Waals surface area contributed by atoms with Crippen LogP contribution < -0.4 is 9.47 Å². The zero-order chi connectivity index (χ0) is 43.6. The average molecular weight is 807 g/mol. The lowest BCUT2D eigenvalue weighted by atomic mass is 10.0. The standard InChI is InChI=1S/C28H22O3.C15H14O2.C10H8.C2H6O/c1-19-6-8-21(9-7-19)22-10-14-26(15-11-22)31-27-16-12-23(13-17-27)28(30)25-5-3-4-24(18-25)20(2)29;1-11-3-5-12(6-4-11)15(16)13-7-9-14(17-2)10-8-13;1-2-6-10-8-4-3-7-9(10)5-1;1-3-2/h3-18H,1-2H3;3-10H,1-2H3;1-8H;1-2H3. The zero-order valence-corrected chi connectivity index (χ0v) is 35.4. The molecular weight excluding hydrogens is 757 g/mol. The molecule has 0 aliphatic carbocycles. The quantitative estimate of drug-likeness (QED) is 0.135. The summed E-state index contributed by atoms with van der Waals surface area (Å²) < 4.78 is 15.2. The number of aryl methyl sites for hydroxylation is 2. The van der Waals surface area contributed by atoms with Gasteiger partial charge in [-0.1, -0.05) is 139 Å². The number of carbonyl (C=O) groups excluding carboxylic acids is 3. The van der Waals surface area contributed by atoms with E-state index in [2.05, 4.69) is 84.5 Å². The lowest BCUT2D eigenvalue weighted by molar-refractivity contribution is 0.101. The Hall–Kier alpha value is -7.41. The van der Waals surface area contributed by atoms with Crippen LogP contribution in [-0.2, 0) is 4.74 Å². The number of hydrogen-bond acceptors (Lipinski definition) is 6. The lowest BCUT2D eigenvalue weighted by Crippen LogP contribution is -2.03. The van der Waals surface area contributed by atoms with E-state index in [9.17, 15) is 14.4 Å². The van der Waals surface area contributed by atoms with Gasteiger partial charge in [-0.05, 0) is 109 Å². The maximum absolute atomic E-state index is 12.7. The number of benzene rings is 8. The van der Waals surface area contributed by atoms with Gasteiger partial charge in [0.2, 0.25) is 0 Å². The van der Waals surface area contributed by atoms with Crippen LogP contribution in [0.5, 0.6) is 17.2 Å². The second-order valence-corrected chi connectivity index (χ2v) is 14.2. The van der Waals surface area contributed by atoms with Gasteiger partial charge in [-0.25, -0.2) is 0 Å². The Labute approximate surface area is 359 Å². The number of carbonyl (C=O) groups is 3. The van der Waals surface area contributed by atoms with Gasteiger partial charge < -0.3 is 14.2 Å². The summed E-state index contributed by atoms with van der Waals surface area (Å²) in [5.41, 5.74) is 7.62. The van der Waals surface area contributed by atoms with Gasteiger partial charge in [-0.2, -0.15) is 0 Å². The van der Waals surface area contributed by atoms with Crippen LogP contribution in [0.25, 0.3) is 21.9 Å². The second kappa shape index (κ2) is 22.7. The molecule has 6 heteroatoms. The second-order valence-electron chi connectivity index (χ2n) is 14.2. The highest BCUT2D eigenvalue weighted by molar-refractivity contribution is 6.10. The van der Waals surface area contributed by atoms with Gasteiger partial charge in [0, 0.05) is 42.0 Å². The van der Waals surface area contributed by atoms with Gasteiger partial charge >= 0.3 is 0 Å². The van der Waals surface area contributed by atoms with Gasteiger partial charge in [0.05, 0.1) is 7.11 Å². The van der Waals surface area contributed by atoms with Crippen molar-refractivity contribution >= 4 is 28.1 Å². The third-order valence-corrected chi connectivity index (χ3v) is 9.45. The van der Waals surface area contributed by atoms with Gasteiger partial charge in [0.1, 0.15) is 17.2 Å². The Bertz CT molecular complexity index is 2560. The first kappa shape index (κ1) is 44.7. The molecule has 8 aromatic rings. The van der Waals surface area contributed by atoms with Crippen LogP contribution in [0.1, 0.15) is 60.3 Å². The summed E-state index contributed by atoms with van der Waals surface area (Å²) in [6, 6.07) is 61.6. The molecule has 0 spiro atoms. The number of fused-ring (bicyclic) bond motifs is 1. The summed E-state index contributed by atoms with van der Waals surface area (Å²) in [5.74, 6) is 1.98. The van der Waals surface area contributed by atoms with Gasteiger partial charge in [-0.15, -0.1) is 0 Å². The van der Waals surface area contributed by atoms with Crippen LogP contribution in [0, 0.1) is 13.8 Å². The van der Waals surface area contributed by atoms with Crippen molar-refractivity contribution in [2.75, 3.05) is 21.3 Å². The van der Waals surface area contributed by atoms with Crippen LogP contribution in [0.2, 0.25) is 0 Å². The van der Waals surface area contributed by atoms with Crippen molar-refractivity contribution in [2.24, 2.45) is 0 Å². The fraction of sp³-hybridized carbons (Fsp3) is 0.109. The van der Waals surface area contributed by atoms with Crippen molar-refractivity contribution in [3.63, 3.8) is 0 Å². The maximum Gasteiger partial charge on any atom is 0.193 e. The summed E-state index contributed by atoms with van der Waals surface area (Å²) in [7, 11) is 4.86. The SMILES string of the molecule is CC(=O)c1cccc(C(=O)c2ccc(Oc3ccc(-c4ccc(C)cc4)cc3)cc2)c1.COC.COc1ccc(C(=O)c2ccc(C)cc2)cc1.c1ccc2ccccc2c1. The fourth-order valence-corrected chi connectivity index (χ4v) is 6.06. The number of Topliss-reactive ketones (excluding diaryl/α,β-unsaturated/α-hetero) is 1. The Morgan fingerprint density at radius 3 is 1.15 bits per heavy atom. The molecule has 0 aliphatic rings. The molecule has 0 heterocycles. The fourth-order valence-electron chi connectivity index (χ4n) is 6.06. The molecule has 0 saturated carbocycles. The minimum Gasteiger partial charge on any atom is -0.497 e. The molecule has 0 N–H and O–H groups in total. The first-order valence-corrected chi connectivity index (χ1v) is 19.8. The topological polar surface area (TPSA) is 78.9 Å². The van der Waals surface area contributed by atoms with E-state index in [-0.39, 0.29) is 17.3 Å². The Balaban J connectivity index is 0.000000194. The number of rotatable bonds is 9. The molecule has 306 valence electrons. The third-order valence-electron chi connectivity index (χ3n) is 9.45. The molecule has 0 fully saturated rings. The number of ether oxygens (including phenoxy) is 3. The van der Waals surface area contributed by atoms with Crippen molar-refractivity contribution in [1.82, 2.24) is 0 Å². The molecule has 0 atom stereocenters. The molecule has 0 aliphatic heterocycles. The highest BCUT2D eigenvalue weighted by Crippen LogP contribution is 2.27. The average Bonchev–Trinajstić information content (AvgIpc) is 3.30. The first-order valence-electron chi connectivity index (χ1n) is 19.8. The molecular formula is C55H50O6. The molecule has 61 heavy (non-hydrogen) atoms. The lowest BCUT2D eigenvalue weighted by Gasteiger charge is -2.08. The first-order chi connectivity index (χ1) is 29.6. The van der Waals surface area contributed by atoms with E-state index >= 15 is 0 Å². The summed E-state index contributed by atoms with van der Waals surface area (Å²) >= 11 is 0. The summed E-state index contributed by atoms with van der Waals surface area (Å²) in [6.07, 6.45) is 0. The van der Waals surface area contributed by atoms with Crippen molar-refractivity contribution in [3.8, 4) is 28.4 Å². The van der Waals surface area contributed by atoms with Crippen LogP contribution in [0.4, 0.5) is 0 Å². The Morgan fingerprint density at radius 2 is 0.721 bits per heavy atom. The molecule has 0 saturated heterocycles. The smallest absolute Gasteiger partial charge is 0.193 e. The predicted molar refractivity (Wildman–Crippen MR) is 247 cm³/mol. The molecule has 0 bridgehead atoms. The predicted octanol–water partition coefficient (Wildman–Crippen LogP) is 13.2. The van der Waals surface area contributed by atoms with E-state index < -0.39 is 0 Å². The van der Waals surface area contributed by atoms with Crippen LogP contribution in [0.15, 0.2) is 194 Å². The molecule has 8 rings (SSSR count). The van der Waals surface area contributed by atoms with E-state index in [0.29, 0.717) is 33.6 Å². The molecule has 0 radical (unpaired) electrons. The highest BCUT2D eigenvalue weighted by Gasteiger charge is 2.12. The van der Waals surface area contributed by atoms with Crippen molar-refractivity contribution < 1.29 is 28.6 Å². The summed E-state index contributed by atoms with van der Waals surface area (Å²) in [5, 5.41) is 2.62. The minimum absolute atomic E-state index is 0.0349. The molecule has 8 aromatic carbocycles. The number of hydrogen-bond donors (Lipinski definition) is 0. The van der Waals surface area contributed by atoms with Crippen LogP contribution in [-0.4, -0.2) is 38.7 Å². The van der Waals surface area contributed by atoms with Crippen molar-refractivity contribution in [1.29, 1.82) is 0 Å². The minimum atomic E-state index is -0.128. The molecule has 0 aromatic heterocycles. The van der Waals surface area contributed by atoms with E-state index in [4.69, 9.17) is 9.47 Å². The number of methoxy groups -OCH3 is 2. The molecule has 6 nitrogen and oxygen atoms in total. The number of ketones is 3. The molecule has 0 unspecified atom stereocenters. The monoisotopic (exact) mass is 806 g/mol. The van der Waals surface area contributed by atoms with Crippen molar-refractivity contribution in [3.05, 3.63) is 233 Å². The van der Waals surface area contributed by atoms with Crippen LogP contribution in [0.3, 0.4) is 0 Å². The van der Waals surface area contributed by atoms with Gasteiger partial charge in [-0.3, -0.25) is 14.4 Å². The largest absolute Gasteiger partial charge is 0.497 e. The van der Waals surface area contributed by atoms with E-state index in [1.165, 1.54) is 23.3 Å². The van der Waals surface area contributed by atoms with Crippen molar-refractivity contribution in [2.45, 2.75) is 20.8 Å². The van der Waals surface area contributed by atoms with Crippen LogP contribution >= 0.6 is 0 Å². The maximum atomic E-state index is 12.7. The van der Waals surface area contributed by atoms with Gasteiger partial charge in [0.25, 0.3) is 0 Å². The normalized spacial score (nSPS) is 10.1. The Morgan fingerprint density at radius 1 is 0.377 bits per heavy atom. The van der Waals surface area contributed by atoms with Gasteiger partial charge in [0.15, 0.2) is 17.3 Å². The summed E-state index contributed by atoms with van der Waals surface area (Å²) in [6.45, 7) is 5.56.